The van der Waals surface area contributed by atoms with E-state index in [0.29, 0.717) is 26.2 Å². The van der Waals surface area contributed by atoms with Crippen LogP contribution in [-0.4, -0.2) is 25.7 Å². The number of nitrogens with one attached hydrogen (secondary N) is 1. The summed E-state index contributed by atoms with van der Waals surface area (Å²) in [5.74, 6) is 1.37. The van der Waals surface area contributed by atoms with Crippen molar-refractivity contribution in [2.24, 2.45) is 5.73 Å². The van der Waals surface area contributed by atoms with E-state index < -0.39 is 6.04 Å². The molecule has 23 heavy (non-hydrogen) atoms. The number of amides is 1. The summed E-state index contributed by atoms with van der Waals surface area (Å²) in [5, 5.41) is 2.87. The second kappa shape index (κ2) is 7.15. The molecule has 5 nitrogen and oxygen atoms in total. The molecule has 0 aromatic heterocycles. The summed E-state index contributed by atoms with van der Waals surface area (Å²) in [6.45, 7) is 1.68. The summed E-state index contributed by atoms with van der Waals surface area (Å²) in [4.78, 5) is 12.1. The Hall–Kier alpha value is -2.53. The highest BCUT2D eigenvalue weighted by molar-refractivity contribution is 5.82. The third-order valence-electron chi connectivity index (χ3n) is 3.76. The molecule has 3 N–H and O–H groups in total. The zero-order chi connectivity index (χ0) is 16.1. The van der Waals surface area contributed by atoms with Crippen molar-refractivity contribution in [3.8, 4) is 11.5 Å². The number of benzene rings is 2. The highest BCUT2D eigenvalue weighted by Gasteiger charge is 2.15. The third-order valence-corrected chi connectivity index (χ3v) is 3.76. The Morgan fingerprint density at radius 2 is 1.83 bits per heavy atom. The summed E-state index contributed by atoms with van der Waals surface area (Å²) >= 11 is 0. The molecule has 0 spiro atoms. The lowest BCUT2D eigenvalue weighted by molar-refractivity contribution is -0.122. The molecule has 2 aromatic carbocycles. The van der Waals surface area contributed by atoms with Gasteiger partial charge in [-0.1, -0.05) is 36.4 Å². The van der Waals surface area contributed by atoms with Gasteiger partial charge in [-0.2, -0.15) is 0 Å². The lowest BCUT2D eigenvalue weighted by atomic mass is 10.1. The average molecular weight is 312 g/mol. The van der Waals surface area contributed by atoms with Crippen LogP contribution in [0, 0.1) is 0 Å². The first-order valence-corrected chi connectivity index (χ1v) is 7.71. The molecule has 1 amide bonds. The van der Waals surface area contributed by atoms with Crippen LogP contribution in [0.3, 0.4) is 0 Å². The van der Waals surface area contributed by atoms with Gasteiger partial charge in [0.1, 0.15) is 19.3 Å². The van der Waals surface area contributed by atoms with Crippen molar-refractivity contribution >= 4 is 5.91 Å². The van der Waals surface area contributed by atoms with Gasteiger partial charge in [-0.25, -0.2) is 0 Å². The van der Waals surface area contributed by atoms with Gasteiger partial charge in [0.2, 0.25) is 5.91 Å². The second-order valence-corrected chi connectivity index (χ2v) is 5.41. The number of hydrogen-bond acceptors (Lipinski definition) is 4. The van der Waals surface area contributed by atoms with Crippen molar-refractivity contribution < 1.29 is 14.3 Å². The molecule has 1 unspecified atom stereocenters. The molecule has 0 saturated heterocycles. The Labute approximate surface area is 135 Å². The van der Waals surface area contributed by atoms with E-state index in [1.54, 1.807) is 0 Å². The maximum absolute atomic E-state index is 12.1. The van der Waals surface area contributed by atoms with Gasteiger partial charge < -0.3 is 20.5 Å². The minimum atomic E-state index is -0.642. The van der Waals surface area contributed by atoms with Gasteiger partial charge >= 0.3 is 0 Å². The lowest BCUT2D eigenvalue weighted by Crippen LogP contribution is -2.35. The first-order chi connectivity index (χ1) is 11.2. The fourth-order valence-electron chi connectivity index (χ4n) is 2.50. The highest BCUT2D eigenvalue weighted by atomic mass is 16.6. The Morgan fingerprint density at radius 3 is 2.61 bits per heavy atom. The molecule has 0 bridgehead atoms. The molecule has 3 rings (SSSR count). The van der Waals surface area contributed by atoms with Gasteiger partial charge in [0.15, 0.2) is 11.5 Å². The van der Waals surface area contributed by atoms with Crippen molar-refractivity contribution in [2.75, 3.05) is 19.8 Å². The molecule has 1 heterocycles. The normalized spacial score (nSPS) is 14.1. The molecule has 1 atom stereocenters. The average Bonchev–Trinajstić information content (AvgIpc) is 2.61. The van der Waals surface area contributed by atoms with Crippen LogP contribution >= 0.6 is 0 Å². The van der Waals surface area contributed by atoms with Crippen molar-refractivity contribution in [1.29, 1.82) is 0 Å². The quantitative estimate of drug-likeness (QED) is 0.883. The molecule has 2 aromatic rings. The Morgan fingerprint density at radius 1 is 1.09 bits per heavy atom. The molecule has 1 aliphatic heterocycles. The molecule has 0 saturated carbocycles. The van der Waals surface area contributed by atoms with Crippen LogP contribution in [0.4, 0.5) is 0 Å². The number of fused-ring (bicyclic) bond motifs is 1. The van der Waals surface area contributed by atoms with Gasteiger partial charge in [-0.3, -0.25) is 4.79 Å². The summed E-state index contributed by atoms with van der Waals surface area (Å²) in [7, 11) is 0. The van der Waals surface area contributed by atoms with E-state index >= 15 is 0 Å². The molecule has 0 fully saturated rings. The van der Waals surface area contributed by atoms with Crippen LogP contribution in [0.2, 0.25) is 0 Å². The first kappa shape index (κ1) is 15.4. The molecule has 5 heteroatoms. The molecule has 0 aliphatic carbocycles. The van der Waals surface area contributed by atoms with Crippen molar-refractivity contribution in [2.45, 2.75) is 12.5 Å². The highest BCUT2D eigenvalue weighted by Crippen LogP contribution is 2.30. The fraction of sp³-hybridized carbons (Fsp3) is 0.278. The van der Waals surface area contributed by atoms with E-state index in [0.717, 1.165) is 22.6 Å². The van der Waals surface area contributed by atoms with Crippen LogP contribution < -0.4 is 20.5 Å². The molecular formula is C18H20N2O3. The number of hydrogen-bond donors (Lipinski definition) is 2. The lowest BCUT2D eigenvalue weighted by Gasteiger charge is -2.19. The zero-order valence-electron chi connectivity index (χ0n) is 12.8. The van der Waals surface area contributed by atoms with Crippen molar-refractivity contribution in [1.82, 2.24) is 5.32 Å². The van der Waals surface area contributed by atoms with E-state index in [4.69, 9.17) is 15.2 Å². The van der Waals surface area contributed by atoms with E-state index in [-0.39, 0.29) is 5.91 Å². The molecule has 0 radical (unpaired) electrons. The van der Waals surface area contributed by atoms with Crippen LogP contribution in [0.25, 0.3) is 0 Å². The van der Waals surface area contributed by atoms with Crippen LogP contribution in [0.15, 0.2) is 48.5 Å². The number of carbonyl (C=O) groups excluding carboxylic acids is 1. The Kier molecular flexibility index (Phi) is 4.78. The Bertz CT molecular complexity index is 673. The summed E-state index contributed by atoms with van der Waals surface area (Å²) in [6, 6.07) is 14.5. The van der Waals surface area contributed by atoms with E-state index in [2.05, 4.69) is 5.32 Å². The monoisotopic (exact) mass is 312 g/mol. The molecule has 1 aliphatic rings. The predicted octanol–water partition coefficient (Wildman–Crippen LogP) is 1.82. The van der Waals surface area contributed by atoms with Crippen LogP contribution in [-0.2, 0) is 11.2 Å². The number of rotatable bonds is 5. The predicted molar refractivity (Wildman–Crippen MR) is 87.5 cm³/mol. The van der Waals surface area contributed by atoms with Gasteiger partial charge in [0.05, 0.1) is 0 Å². The van der Waals surface area contributed by atoms with Crippen LogP contribution in [0.1, 0.15) is 17.2 Å². The number of nitrogens with two attached hydrogens (primary N) is 1. The van der Waals surface area contributed by atoms with Gasteiger partial charge in [0.25, 0.3) is 0 Å². The summed E-state index contributed by atoms with van der Waals surface area (Å²) in [6.07, 6.45) is 0.712. The Balaban J connectivity index is 1.52. The topological polar surface area (TPSA) is 73.6 Å². The second-order valence-electron chi connectivity index (χ2n) is 5.41. The van der Waals surface area contributed by atoms with Crippen molar-refractivity contribution in [3.63, 3.8) is 0 Å². The third kappa shape index (κ3) is 3.81. The van der Waals surface area contributed by atoms with Crippen molar-refractivity contribution in [3.05, 3.63) is 59.7 Å². The number of ether oxygens (including phenoxy) is 2. The molecular weight excluding hydrogens is 292 g/mol. The van der Waals surface area contributed by atoms with Gasteiger partial charge in [-0.05, 0) is 29.7 Å². The maximum atomic E-state index is 12.1. The maximum Gasteiger partial charge on any atom is 0.241 e. The van der Waals surface area contributed by atoms with E-state index in [1.807, 2.05) is 48.5 Å². The summed E-state index contributed by atoms with van der Waals surface area (Å²) in [5.41, 5.74) is 7.86. The standard InChI is InChI=1S/C18H20N2O3/c19-17(14-4-2-1-3-5-14)18(21)20-9-8-13-6-7-15-16(12-13)23-11-10-22-15/h1-7,12,17H,8-11,19H2,(H,20,21). The first-order valence-electron chi connectivity index (χ1n) is 7.71. The SMILES string of the molecule is NC(C(=O)NCCc1ccc2c(c1)OCCO2)c1ccccc1. The van der Waals surface area contributed by atoms with Crippen LogP contribution in [0.5, 0.6) is 11.5 Å². The number of carbonyl (C=O) groups is 1. The minimum absolute atomic E-state index is 0.172. The van der Waals surface area contributed by atoms with E-state index in [9.17, 15) is 4.79 Å². The van der Waals surface area contributed by atoms with Gasteiger partial charge in [0, 0.05) is 6.54 Å². The van der Waals surface area contributed by atoms with E-state index in [1.165, 1.54) is 0 Å². The smallest absolute Gasteiger partial charge is 0.241 e. The molecule has 120 valence electrons. The zero-order valence-corrected chi connectivity index (χ0v) is 12.8. The minimum Gasteiger partial charge on any atom is -0.486 e. The summed E-state index contributed by atoms with van der Waals surface area (Å²) < 4.78 is 11.0. The largest absolute Gasteiger partial charge is 0.486 e. The fourth-order valence-corrected chi connectivity index (χ4v) is 2.50. The van der Waals surface area contributed by atoms with Gasteiger partial charge in [-0.15, -0.1) is 0 Å².